The van der Waals surface area contributed by atoms with Gasteiger partial charge in [-0.25, -0.2) is 9.59 Å². The minimum absolute atomic E-state index is 0.0132. The van der Waals surface area contributed by atoms with Crippen molar-refractivity contribution in [2.24, 2.45) is 0 Å². The maximum absolute atomic E-state index is 13.0. The number of carbonyl (C=O) groups is 2. The van der Waals surface area contributed by atoms with Crippen molar-refractivity contribution in [3.8, 4) is 11.1 Å². The number of hydrogen-bond acceptors (Lipinski definition) is 6. The molecule has 0 N–H and O–H groups in total. The van der Waals surface area contributed by atoms with E-state index in [-0.39, 0.29) is 12.0 Å². The van der Waals surface area contributed by atoms with Gasteiger partial charge >= 0.3 is 12.2 Å². The molecule has 0 radical (unpaired) electrons. The highest BCUT2D eigenvalue weighted by molar-refractivity contribution is 5.75. The lowest BCUT2D eigenvalue weighted by Gasteiger charge is -2.34. The van der Waals surface area contributed by atoms with Crippen LogP contribution in [-0.2, 0) is 16.0 Å². The fraction of sp³-hybridized carbons (Fsp3) is 0.633. The monoisotopic (exact) mass is 524 g/mol. The van der Waals surface area contributed by atoms with Gasteiger partial charge in [0.1, 0.15) is 11.2 Å². The molecule has 2 saturated heterocycles. The fourth-order valence-electron chi connectivity index (χ4n) is 5.22. The van der Waals surface area contributed by atoms with Crippen molar-refractivity contribution in [1.29, 1.82) is 0 Å². The average Bonchev–Trinajstić information content (AvgIpc) is 3.29. The van der Waals surface area contributed by atoms with Crippen LogP contribution in [0.3, 0.4) is 0 Å². The summed E-state index contributed by atoms with van der Waals surface area (Å²) >= 11 is 0. The van der Waals surface area contributed by atoms with Crippen LogP contribution in [0, 0.1) is 0 Å². The number of amides is 1. The Kier molecular flexibility index (Phi) is 8.50. The van der Waals surface area contributed by atoms with Crippen molar-refractivity contribution < 1.29 is 19.1 Å². The predicted octanol–water partition coefficient (Wildman–Crippen LogP) is 6.43. The van der Waals surface area contributed by atoms with Crippen LogP contribution in [0.4, 0.5) is 9.59 Å². The summed E-state index contributed by atoms with van der Waals surface area (Å²) < 4.78 is 12.6. The maximum atomic E-state index is 13.0. The van der Waals surface area contributed by atoms with E-state index < -0.39 is 17.3 Å². The highest BCUT2D eigenvalue weighted by Gasteiger charge is 2.32. The summed E-state index contributed by atoms with van der Waals surface area (Å²) in [6.07, 6.45) is 6.52. The maximum Gasteiger partial charge on any atom is 0.435 e. The molecule has 2 aliphatic heterocycles. The van der Waals surface area contributed by atoms with Crippen molar-refractivity contribution in [3.05, 3.63) is 41.7 Å². The summed E-state index contributed by atoms with van der Waals surface area (Å²) in [6, 6.07) is 8.54. The Labute approximate surface area is 227 Å². The third-order valence-electron chi connectivity index (χ3n) is 6.88. The van der Waals surface area contributed by atoms with Crippen LogP contribution < -0.4 is 0 Å². The second-order valence-electron chi connectivity index (χ2n) is 12.7. The first-order valence-electron chi connectivity index (χ1n) is 14.0. The minimum atomic E-state index is -0.629. The molecule has 208 valence electrons. The largest absolute Gasteiger partial charge is 0.444 e. The lowest BCUT2D eigenvalue weighted by Crippen LogP contribution is -2.42. The van der Waals surface area contributed by atoms with Crippen LogP contribution in [-0.4, -0.2) is 69.1 Å². The molecule has 3 heterocycles. The van der Waals surface area contributed by atoms with Crippen LogP contribution in [0.2, 0.25) is 0 Å². The second-order valence-corrected chi connectivity index (χ2v) is 12.7. The summed E-state index contributed by atoms with van der Waals surface area (Å²) in [5, 5.41) is 4.76. The number of benzene rings is 1. The highest BCUT2D eigenvalue weighted by atomic mass is 16.6. The molecule has 4 rings (SSSR count). The highest BCUT2D eigenvalue weighted by Crippen LogP contribution is 2.35. The van der Waals surface area contributed by atoms with E-state index in [4.69, 9.17) is 14.6 Å². The number of ether oxygens (including phenoxy) is 2. The molecule has 0 unspecified atom stereocenters. The van der Waals surface area contributed by atoms with Crippen LogP contribution in [0.5, 0.6) is 0 Å². The number of carbonyl (C=O) groups excluding carboxylic acids is 2. The van der Waals surface area contributed by atoms with Crippen molar-refractivity contribution in [3.63, 3.8) is 0 Å². The average molecular weight is 525 g/mol. The standard InChI is InChI=1S/C30H44N4O4/c1-29(2,3)37-27(35)33-17-11-14-24(20-33)26-25(21-34(31-26)28(36)38-30(4,5)6)23-13-10-12-22(18-23)19-32-15-8-7-9-16-32/h10,12-13,18,21,24H,7-9,11,14-17,19-20H2,1-6H3/t24-/m1/s1. The molecular weight excluding hydrogens is 480 g/mol. The first kappa shape index (κ1) is 28.1. The fourth-order valence-corrected chi connectivity index (χ4v) is 5.22. The van der Waals surface area contributed by atoms with E-state index >= 15 is 0 Å². The molecule has 1 aromatic carbocycles. The quantitative estimate of drug-likeness (QED) is 0.458. The number of hydrogen-bond donors (Lipinski definition) is 0. The van der Waals surface area contributed by atoms with Gasteiger partial charge in [-0.05, 0) is 97.5 Å². The molecular formula is C30H44N4O4. The molecule has 2 aliphatic rings. The van der Waals surface area contributed by atoms with E-state index in [0.717, 1.165) is 49.3 Å². The van der Waals surface area contributed by atoms with Crippen molar-refractivity contribution in [1.82, 2.24) is 19.6 Å². The van der Waals surface area contributed by atoms with Crippen LogP contribution >= 0.6 is 0 Å². The van der Waals surface area contributed by atoms with Crippen LogP contribution in [0.25, 0.3) is 11.1 Å². The van der Waals surface area contributed by atoms with E-state index in [1.165, 1.54) is 29.5 Å². The summed E-state index contributed by atoms with van der Waals surface area (Å²) in [6.45, 7) is 15.5. The van der Waals surface area contributed by atoms with Crippen molar-refractivity contribution in [2.75, 3.05) is 26.2 Å². The molecule has 2 fully saturated rings. The molecule has 38 heavy (non-hydrogen) atoms. The Bertz CT molecular complexity index is 1120. The lowest BCUT2D eigenvalue weighted by molar-refractivity contribution is 0.0196. The Morgan fingerprint density at radius 2 is 1.61 bits per heavy atom. The minimum Gasteiger partial charge on any atom is -0.444 e. The summed E-state index contributed by atoms with van der Waals surface area (Å²) in [5.41, 5.74) is 2.82. The molecule has 1 amide bonds. The van der Waals surface area contributed by atoms with Gasteiger partial charge in [-0.3, -0.25) is 4.90 Å². The van der Waals surface area contributed by atoms with E-state index in [1.54, 1.807) is 11.1 Å². The number of aromatic nitrogens is 2. The normalized spacial score (nSPS) is 19.3. The van der Waals surface area contributed by atoms with E-state index in [0.29, 0.717) is 13.1 Å². The van der Waals surface area contributed by atoms with Gasteiger partial charge in [-0.1, -0.05) is 24.6 Å². The van der Waals surface area contributed by atoms with E-state index in [2.05, 4.69) is 29.2 Å². The van der Waals surface area contributed by atoms with Gasteiger partial charge in [0.15, 0.2) is 0 Å². The molecule has 1 aromatic heterocycles. The molecule has 0 saturated carbocycles. The zero-order valence-electron chi connectivity index (χ0n) is 24.0. The summed E-state index contributed by atoms with van der Waals surface area (Å²) in [5.74, 6) is -0.0132. The first-order valence-corrected chi connectivity index (χ1v) is 14.0. The molecule has 0 spiro atoms. The number of nitrogens with zero attached hydrogens (tertiary/aromatic N) is 4. The van der Waals surface area contributed by atoms with Gasteiger partial charge < -0.3 is 14.4 Å². The summed E-state index contributed by atoms with van der Waals surface area (Å²) in [7, 11) is 0. The third kappa shape index (κ3) is 7.59. The van der Waals surface area contributed by atoms with Gasteiger partial charge in [0.05, 0.1) is 5.69 Å². The smallest absolute Gasteiger partial charge is 0.435 e. The lowest BCUT2D eigenvalue weighted by atomic mass is 9.90. The molecule has 0 bridgehead atoms. The molecule has 8 heteroatoms. The topological polar surface area (TPSA) is 76.9 Å². The van der Waals surface area contributed by atoms with E-state index in [9.17, 15) is 9.59 Å². The number of piperidine rings is 2. The Morgan fingerprint density at radius 3 is 2.29 bits per heavy atom. The van der Waals surface area contributed by atoms with Gasteiger partial charge in [-0.15, -0.1) is 0 Å². The molecule has 2 aromatic rings. The van der Waals surface area contributed by atoms with Gasteiger partial charge in [-0.2, -0.15) is 9.78 Å². The van der Waals surface area contributed by atoms with Gasteiger partial charge in [0.25, 0.3) is 0 Å². The predicted molar refractivity (Wildman–Crippen MR) is 148 cm³/mol. The zero-order chi connectivity index (χ0) is 27.5. The first-order chi connectivity index (χ1) is 17.9. The van der Waals surface area contributed by atoms with Crippen LogP contribution in [0.15, 0.2) is 30.5 Å². The Balaban J connectivity index is 1.64. The zero-order valence-corrected chi connectivity index (χ0v) is 24.0. The molecule has 1 atom stereocenters. The number of rotatable bonds is 4. The van der Waals surface area contributed by atoms with E-state index in [1.807, 2.05) is 41.5 Å². The second kappa shape index (κ2) is 11.5. The SMILES string of the molecule is CC(C)(C)OC(=O)N1CCC[C@@H](c2nn(C(=O)OC(C)(C)C)cc2-c2cccc(CN3CCCCC3)c2)C1. The van der Waals surface area contributed by atoms with Crippen LogP contribution in [0.1, 0.15) is 90.8 Å². The number of likely N-dealkylation sites (tertiary alicyclic amines) is 2. The molecule has 0 aliphatic carbocycles. The Morgan fingerprint density at radius 1 is 0.921 bits per heavy atom. The Hall–Kier alpha value is -2.87. The van der Waals surface area contributed by atoms with Gasteiger partial charge in [0.2, 0.25) is 0 Å². The third-order valence-corrected chi connectivity index (χ3v) is 6.88. The summed E-state index contributed by atoms with van der Waals surface area (Å²) in [4.78, 5) is 30.1. The molecule has 8 nitrogen and oxygen atoms in total. The van der Waals surface area contributed by atoms with Gasteiger partial charge in [0, 0.05) is 37.3 Å². The van der Waals surface area contributed by atoms with Crippen molar-refractivity contribution in [2.45, 2.75) is 97.3 Å². The van der Waals surface area contributed by atoms with Crippen molar-refractivity contribution >= 4 is 12.2 Å².